The molecule has 0 bridgehead atoms. The predicted molar refractivity (Wildman–Crippen MR) is 133 cm³/mol. The third-order valence-electron chi connectivity index (χ3n) is 6.36. The number of aromatic nitrogens is 4. The number of fused-ring (bicyclic) bond motifs is 1. The molecular weight excluding hydrogens is 447 g/mol. The van der Waals surface area contributed by atoms with Crippen molar-refractivity contribution in [3.63, 3.8) is 0 Å². The molecule has 35 heavy (non-hydrogen) atoms. The third-order valence-corrected chi connectivity index (χ3v) is 6.36. The van der Waals surface area contributed by atoms with Gasteiger partial charge in [0.2, 0.25) is 0 Å². The van der Waals surface area contributed by atoms with Crippen LogP contribution >= 0.6 is 0 Å². The fourth-order valence-corrected chi connectivity index (χ4v) is 4.69. The molecule has 0 radical (unpaired) electrons. The first-order valence-electron chi connectivity index (χ1n) is 11.9. The number of benzene rings is 1. The fourth-order valence-electron chi connectivity index (χ4n) is 4.69. The molecule has 4 N–H and O–H groups in total. The van der Waals surface area contributed by atoms with Gasteiger partial charge in [0.1, 0.15) is 22.7 Å². The minimum atomic E-state index is -0.337. The lowest BCUT2D eigenvalue weighted by Crippen LogP contribution is -2.35. The number of amides is 1. The Balaban J connectivity index is 1.56. The standard InChI is InChI=1S/C25H29FN8O/c1-15(23-28-9-6-10-29-23)30-18-13-16(14-27-2)31-25(35)20(18)24-32-17-7-8-19(21(26)22(17)33-24)34-11-4-3-5-12-34/h6-10,14-15,27,30H,3-5,11-13H2,1-2H3,(H,31,35)(H,32,33)/b16-14+/t15-/m1/s1. The average Bonchev–Trinajstić information content (AvgIpc) is 3.30. The van der Waals surface area contributed by atoms with Crippen LogP contribution in [0.4, 0.5) is 10.1 Å². The van der Waals surface area contributed by atoms with E-state index in [4.69, 9.17) is 0 Å². The van der Waals surface area contributed by atoms with Crippen molar-refractivity contribution >= 4 is 28.2 Å². The number of nitrogens with one attached hydrogen (secondary N) is 4. The lowest BCUT2D eigenvalue weighted by atomic mass is 10.0. The number of hydrogen-bond donors (Lipinski definition) is 4. The molecule has 0 aliphatic carbocycles. The van der Waals surface area contributed by atoms with E-state index < -0.39 is 0 Å². The van der Waals surface area contributed by atoms with Gasteiger partial charge in [-0.3, -0.25) is 4.79 Å². The van der Waals surface area contributed by atoms with Crippen LogP contribution in [0.3, 0.4) is 0 Å². The van der Waals surface area contributed by atoms with E-state index in [0.717, 1.165) is 25.9 Å². The Kier molecular flexibility index (Phi) is 6.35. The van der Waals surface area contributed by atoms with Crippen molar-refractivity contribution in [2.24, 2.45) is 0 Å². The highest BCUT2D eigenvalue weighted by atomic mass is 19.1. The molecule has 2 aliphatic heterocycles. The molecule has 10 heteroatoms. The first kappa shape index (κ1) is 22.8. The fraction of sp³-hybridized carbons (Fsp3) is 0.360. The molecule has 0 unspecified atom stereocenters. The van der Waals surface area contributed by atoms with E-state index in [-0.39, 0.29) is 17.8 Å². The summed E-state index contributed by atoms with van der Waals surface area (Å²) in [5.74, 6) is 0.263. The average molecular weight is 477 g/mol. The zero-order valence-corrected chi connectivity index (χ0v) is 19.9. The van der Waals surface area contributed by atoms with E-state index in [0.29, 0.717) is 51.8 Å². The largest absolute Gasteiger partial charge is 0.393 e. The van der Waals surface area contributed by atoms with Crippen LogP contribution < -0.4 is 20.9 Å². The number of aromatic amines is 1. The summed E-state index contributed by atoms with van der Waals surface area (Å²) in [7, 11) is 1.77. The number of nitrogens with zero attached hydrogens (tertiary/aromatic N) is 4. The second kappa shape index (κ2) is 9.73. The molecule has 2 aliphatic rings. The zero-order valence-electron chi connectivity index (χ0n) is 19.9. The molecule has 1 amide bonds. The summed E-state index contributed by atoms with van der Waals surface area (Å²) in [6.45, 7) is 3.60. The highest BCUT2D eigenvalue weighted by Gasteiger charge is 2.29. The number of carbonyl (C=O) groups is 1. The van der Waals surface area contributed by atoms with Crippen LogP contribution in [0.2, 0.25) is 0 Å². The van der Waals surface area contributed by atoms with Gasteiger partial charge < -0.3 is 25.8 Å². The van der Waals surface area contributed by atoms with Crippen molar-refractivity contribution in [3.8, 4) is 0 Å². The van der Waals surface area contributed by atoms with E-state index in [1.807, 2.05) is 13.0 Å². The van der Waals surface area contributed by atoms with Crippen molar-refractivity contribution in [1.29, 1.82) is 0 Å². The number of piperidine rings is 1. The van der Waals surface area contributed by atoms with Crippen molar-refractivity contribution in [2.75, 3.05) is 25.0 Å². The Labute approximate surface area is 202 Å². The number of imidazole rings is 1. The summed E-state index contributed by atoms with van der Waals surface area (Å²) in [5, 5.41) is 9.24. The number of H-pyrrole nitrogens is 1. The predicted octanol–water partition coefficient (Wildman–Crippen LogP) is 3.12. The van der Waals surface area contributed by atoms with Crippen LogP contribution in [0.5, 0.6) is 0 Å². The summed E-state index contributed by atoms with van der Waals surface area (Å²) in [5.41, 5.74) is 3.07. The number of anilines is 1. The Bertz CT molecular complexity index is 1290. The third kappa shape index (κ3) is 4.55. The molecule has 1 saturated heterocycles. The van der Waals surface area contributed by atoms with Gasteiger partial charge in [0, 0.05) is 56.5 Å². The molecular formula is C25H29FN8O. The summed E-state index contributed by atoms with van der Waals surface area (Å²) < 4.78 is 15.5. The Hall–Kier alpha value is -3.95. The van der Waals surface area contributed by atoms with Gasteiger partial charge in [-0.2, -0.15) is 0 Å². The molecule has 1 atom stereocenters. The number of carbonyl (C=O) groups excluding carboxylic acids is 1. The highest BCUT2D eigenvalue weighted by molar-refractivity contribution is 6.21. The monoisotopic (exact) mass is 476 g/mol. The molecule has 1 aromatic carbocycles. The lowest BCUT2D eigenvalue weighted by Gasteiger charge is -2.29. The first-order chi connectivity index (χ1) is 17.0. The van der Waals surface area contributed by atoms with Gasteiger partial charge in [0.15, 0.2) is 5.82 Å². The minimum absolute atomic E-state index is 0.255. The van der Waals surface area contributed by atoms with Crippen LogP contribution in [0.15, 0.2) is 48.2 Å². The van der Waals surface area contributed by atoms with Crippen molar-refractivity contribution in [3.05, 3.63) is 65.7 Å². The van der Waals surface area contributed by atoms with Crippen LogP contribution in [-0.4, -0.2) is 46.0 Å². The maximum absolute atomic E-state index is 15.5. The smallest absolute Gasteiger partial charge is 0.261 e. The molecule has 5 rings (SSSR count). The maximum atomic E-state index is 15.5. The molecule has 182 valence electrons. The number of halogens is 1. The van der Waals surface area contributed by atoms with Gasteiger partial charge in [0.25, 0.3) is 5.91 Å². The molecule has 3 aromatic rings. The van der Waals surface area contributed by atoms with Crippen molar-refractivity contribution in [2.45, 2.75) is 38.6 Å². The van der Waals surface area contributed by atoms with Crippen LogP contribution in [0.1, 0.15) is 50.3 Å². The van der Waals surface area contributed by atoms with Gasteiger partial charge in [0.05, 0.1) is 17.2 Å². The van der Waals surface area contributed by atoms with Gasteiger partial charge in [-0.1, -0.05) is 0 Å². The normalized spacial score (nSPS) is 18.7. The summed E-state index contributed by atoms with van der Waals surface area (Å²) in [6, 6.07) is 5.09. The first-order valence-corrected chi connectivity index (χ1v) is 11.9. The molecule has 2 aromatic heterocycles. The van der Waals surface area contributed by atoms with E-state index in [1.165, 1.54) is 6.42 Å². The summed E-state index contributed by atoms with van der Waals surface area (Å²) in [4.78, 5) is 31.6. The Morgan fingerprint density at radius 1 is 1.17 bits per heavy atom. The Morgan fingerprint density at radius 2 is 1.94 bits per heavy atom. The molecule has 0 saturated carbocycles. The molecule has 1 fully saturated rings. The van der Waals surface area contributed by atoms with Gasteiger partial charge >= 0.3 is 0 Å². The van der Waals surface area contributed by atoms with Crippen molar-refractivity contribution in [1.82, 2.24) is 35.9 Å². The van der Waals surface area contributed by atoms with E-state index in [2.05, 4.69) is 40.8 Å². The maximum Gasteiger partial charge on any atom is 0.261 e. The second-order valence-corrected chi connectivity index (χ2v) is 8.84. The van der Waals surface area contributed by atoms with Crippen molar-refractivity contribution < 1.29 is 9.18 Å². The van der Waals surface area contributed by atoms with Crippen LogP contribution in [0.25, 0.3) is 16.6 Å². The quantitative estimate of drug-likeness (QED) is 0.433. The lowest BCUT2D eigenvalue weighted by molar-refractivity contribution is -0.115. The van der Waals surface area contributed by atoms with Gasteiger partial charge in [-0.05, 0) is 44.4 Å². The van der Waals surface area contributed by atoms with Gasteiger partial charge in [-0.15, -0.1) is 0 Å². The number of rotatable bonds is 6. The summed E-state index contributed by atoms with van der Waals surface area (Å²) >= 11 is 0. The minimum Gasteiger partial charge on any atom is -0.393 e. The van der Waals surface area contributed by atoms with Gasteiger partial charge in [-0.25, -0.2) is 19.3 Å². The second-order valence-electron chi connectivity index (χ2n) is 8.84. The highest BCUT2D eigenvalue weighted by Crippen LogP contribution is 2.32. The van der Waals surface area contributed by atoms with E-state index in [1.54, 1.807) is 37.8 Å². The molecule has 4 heterocycles. The van der Waals surface area contributed by atoms with E-state index in [9.17, 15) is 4.79 Å². The summed E-state index contributed by atoms with van der Waals surface area (Å²) in [6.07, 6.45) is 8.80. The number of hydrogen-bond acceptors (Lipinski definition) is 7. The van der Waals surface area contributed by atoms with E-state index >= 15 is 4.39 Å². The molecule has 0 spiro atoms. The SMILES string of the molecule is CN/C=C1\CC(N[C@H](C)c2ncccn2)=C(c2nc3ccc(N4CCCCC4)c(F)c3[nH]2)C(=O)N1. The zero-order chi connectivity index (χ0) is 24.4. The van der Waals surface area contributed by atoms with Crippen LogP contribution in [0, 0.1) is 5.82 Å². The molecule has 9 nitrogen and oxygen atoms in total. The van der Waals surface area contributed by atoms with Crippen LogP contribution in [-0.2, 0) is 4.79 Å². The Morgan fingerprint density at radius 3 is 2.69 bits per heavy atom. The topological polar surface area (TPSA) is 111 Å².